The summed E-state index contributed by atoms with van der Waals surface area (Å²) >= 11 is 0. The molecule has 2 aromatic heterocycles. The van der Waals surface area contributed by atoms with Gasteiger partial charge < -0.3 is 19.1 Å². The molecule has 1 aliphatic heterocycles. The number of imide groups is 1. The summed E-state index contributed by atoms with van der Waals surface area (Å²) in [7, 11) is 0. The van der Waals surface area contributed by atoms with Gasteiger partial charge in [0.15, 0.2) is 0 Å². The summed E-state index contributed by atoms with van der Waals surface area (Å²) in [5, 5.41) is 13.2. The summed E-state index contributed by atoms with van der Waals surface area (Å²) in [6.45, 7) is 2.01. The molecule has 1 fully saturated rings. The van der Waals surface area contributed by atoms with Crippen molar-refractivity contribution in [2.75, 3.05) is 33.0 Å². The number of pyridine rings is 1. The molecule has 4 rings (SSSR count). The molecular weight excluding hydrogens is 398 g/mol. The van der Waals surface area contributed by atoms with Crippen molar-refractivity contribution in [2.24, 2.45) is 0 Å². The highest BCUT2D eigenvalue weighted by Crippen LogP contribution is 2.34. The summed E-state index contributed by atoms with van der Waals surface area (Å²) < 4.78 is 12.7. The monoisotopic (exact) mass is 425 g/mol. The lowest BCUT2D eigenvalue weighted by Crippen LogP contribution is -2.41. The topological polar surface area (TPSA) is 103 Å². The van der Waals surface area contributed by atoms with Crippen LogP contribution in [-0.4, -0.2) is 59.5 Å². The summed E-state index contributed by atoms with van der Waals surface area (Å²) in [5.41, 5.74) is 2.90. The van der Waals surface area contributed by atoms with Gasteiger partial charge in [-0.15, -0.1) is 0 Å². The Hall–Kier alpha value is -2.81. The molecule has 0 radical (unpaired) electrons. The van der Waals surface area contributed by atoms with E-state index in [9.17, 15) is 9.59 Å². The SMILES string of the molecule is O=C1CCC(n2c3ccc(CCCOCCOCCO)cc3c3cccnc32)C(=O)N1. The fourth-order valence-electron chi connectivity index (χ4n) is 4.09. The zero-order valence-corrected chi connectivity index (χ0v) is 17.4. The number of carbonyl (C=O) groups excluding carboxylic acids is 2. The van der Waals surface area contributed by atoms with Gasteiger partial charge in [0.1, 0.15) is 11.7 Å². The minimum atomic E-state index is -0.445. The van der Waals surface area contributed by atoms with Crippen LogP contribution in [0.5, 0.6) is 0 Å². The Morgan fingerprint density at radius 1 is 1.10 bits per heavy atom. The number of piperidine rings is 1. The Kier molecular flexibility index (Phi) is 6.91. The van der Waals surface area contributed by atoms with E-state index in [1.54, 1.807) is 6.20 Å². The zero-order chi connectivity index (χ0) is 21.6. The first-order valence-corrected chi connectivity index (χ1v) is 10.7. The molecule has 0 bridgehead atoms. The Bertz CT molecular complexity index is 1080. The second kappa shape index (κ2) is 10.00. The lowest BCUT2D eigenvalue weighted by atomic mass is 10.0. The van der Waals surface area contributed by atoms with Gasteiger partial charge in [-0.3, -0.25) is 14.9 Å². The van der Waals surface area contributed by atoms with E-state index >= 15 is 0 Å². The number of amides is 2. The van der Waals surface area contributed by atoms with Crippen molar-refractivity contribution in [2.45, 2.75) is 31.7 Å². The van der Waals surface area contributed by atoms with Crippen LogP contribution < -0.4 is 5.32 Å². The van der Waals surface area contributed by atoms with Gasteiger partial charge in [-0.25, -0.2) is 4.98 Å². The summed E-state index contributed by atoms with van der Waals surface area (Å²) in [4.78, 5) is 28.7. The first-order chi connectivity index (χ1) is 15.2. The standard InChI is InChI=1S/C23H27N3O5/c27-10-12-31-14-13-30-11-2-3-16-5-6-19-18(15-16)17-4-1-9-24-22(17)26(19)20-7-8-21(28)25-23(20)29/h1,4-6,9,15,20,27H,2-3,7-8,10-14H2,(H,25,28,29). The second-order valence-corrected chi connectivity index (χ2v) is 7.61. The molecule has 1 saturated heterocycles. The number of nitrogens with one attached hydrogen (secondary N) is 1. The molecule has 3 heterocycles. The van der Waals surface area contributed by atoms with E-state index in [0.29, 0.717) is 39.3 Å². The van der Waals surface area contributed by atoms with E-state index in [4.69, 9.17) is 14.6 Å². The number of hydrogen-bond acceptors (Lipinski definition) is 6. The van der Waals surface area contributed by atoms with E-state index in [0.717, 1.165) is 34.8 Å². The molecule has 31 heavy (non-hydrogen) atoms. The number of nitrogens with zero attached hydrogens (tertiary/aromatic N) is 2. The summed E-state index contributed by atoms with van der Waals surface area (Å²) in [5.74, 6) is -0.496. The molecule has 0 aliphatic carbocycles. The highest BCUT2D eigenvalue weighted by Gasteiger charge is 2.30. The highest BCUT2D eigenvalue weighted by molar-refractivity contribution is 6.09. The average molecular weight is 425 g/mol. The molecule has 1 unspecified atom stereocenters. The number of aryl methyl sites for hydroxylation is 1. The largest absolute Gasteiger partial charge is 0.394 e. The molecule has 2 amide bonds. The summed E-state index contributed by atoms with van der Waals surface area (Å²) in [6.07, 6.45) is 4.29. The maximum absolute atomic E-state index is 12.5. The van der Waals surface area contributed by atoms with Gasteiger partial charge in [0.2, 0.25) is 11.8 Å². The molecule has 8 nitrogen and oxygen atoms in total. The first-order valence-electron chi connectivity index (χ1n) is 10.7. The molecule has 0 spiro atoms. The van der Waals surface area contributed by atoms with E-state index in [1.807, 2.05) is 22.8 Å². The van der Waals surface area contributed by atoms with Crippen molar-refractivity contribution in [1.29, 1.82) is 0 Å². The van der Waals surface area contributed by atoms with Crippen LogP contribution in [0.15, 0.2) is 36.5 Å². The number of aliphatic hydroxyl groups excluding tert-OH is 1. The van der Waals surface area contributed by atoms with Crippen molar-refractivity contribution in [3.05, 3.63) is 42.1 Å². The van der Waals surface area contributed by atoms with Gasteiger partial charge in [-0.2, -0.15) is 0 Å². The van der Waals surface area contributed by atoms with Crippen LogP contribution in [0.2, 0.25) is 0 Å². The Labute approximate surface area is 180 Å². The molecule has 1 atom stereocenters. The summed E-state index contributed by atoms with van der Waals surface area (Å²) in [6, 6.07) is 9.75. The fraction of sp³-hybridized carbons (Fsp3) is 0.435. The van der Waals surface area contributed by atoms with Crippen LogP contribution in [0.1, 0.15) is 30.9 Å². The number of ether oxygens (including phenoxy) is 2. The molecule has 164 valence electrons. The maximum atomic E-state index is 12.5. The average Bonchev–Trinajstić information content (AvgIpc) is 3.09. The smallest absolute Gasteiger partial charge is 0.249 e. The third-order valence-electron chi connectivity index (χ3n) is 5.51. The maximum Gasteiger partial charge on any atom is 0.249 e. The fourth-order valence-corrected chi connectivity index (χ4v) is 4.09. The van der Waals surface area contributed by atoms with E-state index in [-0.39, 0.29) is 18.4 Å². The third kappa shape index (κ3) is 4.76. The number of carbonyl (C=O) groups is 2. The predicted molar refractivity (Wildman–Crippen MR) is 116 cm³/mol. The minimum absolute atomic E-state index is 0.0257. The molecule has 0 saturated carbocycles. The molecule has 2 N–H and O–H groups in total. The zero-order valence-electron chi connectivity index (χ0n) is 17.4. The van der Waals surface area contributed by atoms with E-state index in [2.05, 4.69) is 22.4 Å². The molecule has 1 aromatic carbocycles. The number of fused-ring (bicyclic) bond motifs is 3. The van der Waals surface area contributed by atoms with E-state index in [1.165, 1.54) is 5.56 Å². The van der Waals surface area contributed by atoms with Crippen LogP contribution in [0, 0.1) is 0 Å². The second-order valence-electron chi connectivity index (χ2n) is 7.61. The van der Waals surface area contributed by atoms with Crippen molar-refractivity contribution in [1.82, 2.24) is 14.9 Å². The van der Waals surface area contributed by atoms with Gasteiger partial charge in [-0.1, -0.05) is 6.07 Å². The third-order valence-corrected chi connectivity index (χ3v) is 5.51. The Morgan fingerprint density at radius 2 is 1.94 bits per heavy atom. The molecule has 8 heteroatoms. The molecule has 1 aliphatic rings. The first kappa shape index (κ1) is 21.4. The number of rotatable bonds is 10. The van der Waals surface area contributed by atoms with Crippen LogP contribution >= 0.6 is 0 Å². The quantitative estimate of drug-likeness (QED) is 0.381. The van der Waals surface area contributed by atoms with Gasteiger partial charge in [0.25, 0.3) is 0 Å². The number of benzene rings is 1. The van der Waals surface area contributed by atoms with Crippen molar-refractivity contribution < 1.29 is 24.2 Å². The van der Waals surface area contributed by atoms with Crippen molar-refractivity contribution in [3.8, 4) is 0 Å². The van der Waals surface area contributed by atoms with Crippen molar-refractivity contribution >= 4 is 33.8 Å². The van der Waals surface area contributed by atoms with Crippen molar-refractivity contribution in [3.63, 3.8) is 0 Å². The minimum Gasteiger partial charge on any atom is -0.394 e. The van der Waals surface area contributed by atoms with Gasteiger partial charge in [-0.05, 0) is 49.1 Å². The normalized spacial score (nSPS) is 16.9. The van der Waals surface area contributed by atoms with Gasteiger partial charge in [0, 0.05) is 30.0 Å². The predicted octanol–water partition coefficient (Wildman–Crippen LogP) is 2.13. The number of aliphatic hydroxyl groups is 1. The Balaban J connectivity index is 1.50. The highest BCUT2D eigenvalue weighted by atomic mass is 16.5. The van der Waals surface area contributed by atoms with Gasteiger partial charge in [0.05, 0.1) is 31.9 Å². The molecular formula is C23H27N3O5. The van der Waals surface area contributed by atoms with E-state index < -0.39 is 6.04 Å². The number of hydrogen-bond donors (Lipinski definition) is 2. The van der Waals surface area contributed by atoms with Crippen LogP contribution in [-0.2, 0) is 25.5 Å². The van der Waals surface area contributed by atoms with Crippen LogP contribution in [0.25, 0.3) is 21.9 Å². The van der Waals surface area contributed by atoms with Crippen LogP contribution in [0.4, 0.5) is 0 Å². The van der Waals surface area contributed by atoms with Gasteiger partial charge >= 0.3 is 0 Å². The lowest BCUT2D eigenvalue weighted by molar-refractivity contribution is -0.135. The number of aromatic nitrogens is 2. The van der Waals surface area contributed by atoms with Crippen LogP contribution in [0.3, 0.4) is 0 Å². The Morgan fingerprint density at radius 3 is 2.74 bits per heavy atom. The lowest BCUT2D eigenvalue weighted by Gasteiger charge is -2.23. The molecule has 3 aromatic rings.